The number of hydrogen-bond donors (Lipinski definition) is 1. The van der Waals surface area contributed by atoms with Gasteiger partial charge in [0.15, 0.2) is 0 Å². The zero-order valence-electron chi connectivity index (χ0n) is 5.86. The molecule has 0 amide bonds. The van der Waals surface area contributed by atoms with Crippen molar-refractivity contribution in [1.82, 2.24) is 0 Å². The Morgan fingerprint density at radius 1 is 1.40 bits per heavy atom. The maximum Gasteiger partial charge on any atom is 0.0869 e. The van der Waals surface area contributed by atoms with Gasteiger partial charge in [-0.3, -0.25) is 0 Å². The van der Waals surface area contributed by atoms with Crippen LogP contribution in [0.15, 0.2) is 12.2 Å². The Hall–Kier alpha value is -0.340. The predicted octanol–water partition coefficient (Wildman–Crippen LogP) is 0.855. The summed E-state index contributed by atoms with van der Waals surface area (Å²) in [6.07, 6.45) is 7.45. The van der Waals surface area contributed by atoms with E-state index in [4.69, 9.17) is 4.74 Å². The average molecular weight is 140 g/mol. The summed E-state index contributed by atoms with van der Waals surface area (Å²) < 4.78 is 5.31. The minimum absolute atomic E-state index is 0.268. The molecule has 1 N–H and O–H groups in total. The van der Waals surface area contributed by atoms with E-state index in [0.717, 1.165) is 19.3 Å². The maximum absolute atomic E-state index is 9.24. The minimum Gasteiger partial charge on any atom is -0.389 e. The Bertz CT molecular complexity index is 153. The van der Waals surface area contributed by atoms with Crippen molar-refractivity contribution in [3.8, 4) is 0 Å². The average Bonchev–Trinajstić information content (AvgIpc) is 2.54. The zero-order valence-corrected chi connectivity index (χ0v) is 5.86. The first kappa shape index (κ1) is 6.38. The Morgan fingerprint density at radius 3 is 3.20 bits per heavy atom. The smallest absolute Gasteiger partial charge is 0.0869 e. The fourth-order valence-corrected chi connectivity index (χ4v) is 1.47. The van der Waals surface area contributed by atoms with Crippen LogP contribution in [0.4, 0.5) is 0 Å². The highest BCUT2D eigenvalue weighted by molar-refractivity contribution is 4.99. The van der Waals surface area contributed by atoms with Gasteiger partial charge in [0.25, 0.3) is 0 Å². The SMILES string of the molecule is OC1C=CCCC2OC2C1. The van der Waals surface area contributed by atoms with Gasteiger partial charge in [-0.25, -0.2) is 0 Å². The molecule has 1 saturated heterocycles. The van der Waals surface area contributed by atoms with Gasteiger partial charge in [-0.1, -0.05) is 12.2 Å². The van der Waals surface area contributed by atoms with Crippen molar-refractivity contribution in [2.45, 2.75) is 37.6 Å². The highest BCUT2D eigenvalue weighted by Crippen LogP contribution is 2.32. The van der Waals surface area contributed by atoms with Crippen molar-refractivity contribution in [1.29, 1.82) is 0 Å². The third kappa shape index (κ3) is 1.22. The van der Waals surface area contributed by atoms with Gasteiger partial charge in [-0.2, -0.15) is 0 Å². The lowest BCUT2D eigenvalue weighted by molar-refractivity contribution is 0.196. The number of fused-ring (bicyclic) bond motifs is 1. The van der Waals surface area contributed by atoms with Crippen LogP contribution in [0.1, 0.15) is 19.3 Å². The van der Waals surface area contributed by atoms with Crippen molar-refractivity contribution in [3.63, 3.8) is 0 Å². The fourth-order valence-electron chi connectivity index (χ4n) is 1.47. The molecule has 3 unspecified atom stereocenters. The van der Waals surface area contributed by atoms with E-state index in [-0.39, 0.29) is 6.10 Å². The van der Waals surface area contributed by atoms with Gasteiger partial charge in [0.2, 0.25) is 0 Å². The van der Waals surface area contributed by atoms with Gasteiger partial charge in [0, 0.05) is 6.42 Å². The van der Waals surface area contributed by atoms with Gasteiger partial charge >= 0.3 is 0 Å². The molecule has 10 heavy (non-hydrogen) atoms. The highest BCUT2D eigenvalue weighted by Gasteiger charge is 2.39. The summed E-state index contributed by atoms with van der Waals surface area (Å²) >= 11 is 0. The summed E-state index contributed by atoms with van der Waals surface area (Å²) in [5.41, 5.74) is 0. The zero-order chi connectivity index (χ0) is 6.97. The van der Waals surface area contributed by atoms with Crippen molar-refractivity contribution in [2.24, 2.45) is 0 Å². The first-order valence-corrected chi connectivity index (χ1v) is 3.86. The summed E-state index contributed by atoms with van der Waals surface area (Å²) in [6.45, 7) is 0. The molecular formula is C8H12O2. The Morgan fingerprint density at radius 2 is 2.30 bits per heavy atom. The first-order valence-electron chi connectivity index (χ1n) is 3.86. The van der Waals surface area contributed by atoms with Gasteiger partial charge in [0.1, 0.15) is 0 Å². The van der Waals surface area contributed by atoms with E-state index < -0.39 is 0 Å². The summed E-state index contributed by atoms with van der Waals surface area (Å²) in [5.74, 6) is 0. The molecule has 3 atom stereocenters. The summed E-state index contributed by atoms with van der Waals surface area (Å²) in [6, 6.07) is 0. The number of hydrogen-bond acceptors (Lipinski definition) is 2. The number of ether oxygens (including phenoxy) is 1. The lowest BCUT2D eigenvalue weighted by atomic mass is 10.0. The number of allylic oxidation sites excluding steroid dienone is 1. The number of aliphatic hydroxyl groups is 1. The monoisotopic (exact) mass is 140 g/mol. The molecule has 0 aromatic rings. The van der Waals surface area contributed by atoms with Crippen molar-refractivity contribution in [3.05, 3.63) is 12.2 Å². The van der Waals surface area contributed by atoms with Crippen LogP contribution in [0.2, 0.25) is 0 Å². The second-order valence-electron chi connectivity index (χ2n) is 3.02. The molecule has 0 aromatic heterocycles. The third-order valence-corrected chi connectivity index (χ3v) is 2.14. The van der Waals surface area contributed by atoms with Gasteiger partial charge in [0.05, 0.1) is 18.3 Å². The number of epoxide rings is 1. The minimum atomic E-state index is -0.268. The molecule has 2 heteroatoms. The molecule has 0 bridgehead atoms. The number of rotatable bonds is 0. The number of aliphatic hydroxyl groups excluding tert-OH is 1. The Labute approximate surface area is 60.5 Å². The summed E-state index contributed by atoms with van der Waals surface area (Å²) in [7, 11) is 0. The van der Waals surface area contributed by atoms with Gasteiger partial charge < -0.3 is 9.84 Å². The topological polar surface area (TPSA) is 32.8 Å². The van der Waals surface area contributed by atoms with E-state index in [0.29, 0.717) is 12.2 Å². The lowest BCUT2D eigenvalue weighted by Gasteiger charge is -2.04. The first-order chi connectivity index (χ1) is 4.86. The molecule has 2 nitrogen and oxygen atoms in total. The summed E-state index contributed by atoms with van der Waals surface area (Å²) in [4.78, 5) is 0. The van der Waals surface area contributed by atoms with Crippen LogP contribution < -0.4 is 0 Å². The molecule has 2 aliphatic rings. The molecule has 1 aliphatic carbocycles. The molecule has 0 saturated carbocycles. The molecule has 0 aromatic carbocycles. The molecule has 1 heterocycles. The van der Waals surface area contributed by atoms with E-state index in [1.807, 2.05) is 12.2 Å². The molecule has 1 fully saturated rings. The van der Waals surface area contributed by atoms with Crippen LogP contribution in [0.5, 0.6) is 0 Å². The largest absolute Gasteiger partial charge is 0.389 e. The molecule has 0 radical (unpaired) electrons. The van der Waals surface area contributed by atoms with Crippen molar-refractivity contribution < 1.29 is 9.84 Å². The van der Waals surface area contributed by atoms with Crippen LogP contribution >= 0.6 is 0 Å². The van der Waals surface area contributed by atoms with E-state index in [9.17, 15) is 5.11 Å². The molecule has 56 valence electrons. The van der Waals surface area contributed by atoms with Gasteiger partial charge in [-0.15, -0.1) is 0 Å². The predicted molar refractivity (Wildman–Crippen MR) is 37.7 cm³/mol. The third-order valence-electron chi connectivity index (χ3n) is 2.14. The normalized spacial score (nSPS) is 45.5. The lowest BCUT2D eigenvalue weighted by Crippen LogP contribution is -2.09. The van der Waals surface area contributed by atoms with E-state index in [1.54, 1.807) is 0 Å². The molecule has 0 spiro atoms. The van der Waals surface area contributed by atoms with E-state index >= 15 is 0 Å². The highest BCUT2D eigenvalue weighted by atomic mass is 16.6. The Balaban J connectivity index is 1.97. The van der Waals surface area contributed by atoms with Crippen LogP contribution in [0, 0.1) is 0 Å². The molecular weight excluding hydrogens is 128 g/mol. The second kappa shape index (κ2) is 2.36. The molecule has 1 aliphatic heterocycles. The van der Waals surface area contributed by atoms with Crippen LogP contribution in [0.3, 0.4) is 0 Å². The van der Waals surface area contributed by atoms with E-state index in [2.05, 4.69) is 0 Å². The van der Waals surface area contributed by atoms with Crippen molar-refractivity contribution >= 4 is 0 Å². The Kier molecular flexibility index (Phi) is 1.51. The standard InChI is InChI=1S/C8H12O2/c9-6-3-1-2-4-7-8(5-6)10-7/h1,3,6-9H,2,4-5H2. The van der Waals surface area contributed by atoms with Crippen LogP contribution in [0.25, 0.3) is 0 Å². The van der Waals surface area contributed by atoms with Crippen LogP contribution in [-0.2, 0) is 4.74 Å². The van der Waals surface area contributed by atoms with Crippen molar-refractivity contribution in [2.75, 3.05) is 0 Å². The second-order valence-corrected chi connectivity index (χ2v) is 3.02. The van der Waals surface area contributed by atoms with E-state index in [1.165, 1.54) is 0 Å². The summed E-state index contributed by atoms with van der Waals surface area (Å²) in [5, 5.41) is 9.24. The van der Waals surface area contributed by atoms with Gasteiger partial charge in [-0.05, 0) is 12.8 Å². The fraction of sp³-hybridized carbons (Fsp3) is 0.750. The van der Waals surface area contributed by atoms with Crippen LogP contribution in [-0.4, -0.2) is 23.4 Å². The quantitative estimate of drug-likeness (QED) is 0.400. The molecule has 2 rings (SSSR count). The maximum atomic E-state index is 9.24.